The molecule has 1 amide bonds. The van der Waals surface area contributed by atoms with Gasteiger partial charge in [-0.25, -0.2) is 13.1 Å². The predicted molar refractivity (Wildman–Crippen MR) is 129 cm³/mol. The summed E-state index contributed by atoms with van der Waals surface area (Å²) in [5.41, 5.74) is 3.27. The smallest absolute Gasteiger partial charge is 0.264 e. The average molecular weight is 491 g/mol. The van der Waals surface area contributed by atoms with E-state index in [-0.39, 0.29) is 11.7 Å². The summed E-state index contributed by atoms with van der Waals surface area (Å²) in [6.45, 7) is 1.92. The fourth-order valence-corrected chi connectivity index (χ4v) is 5.26. The molecule has 3 aromatic carbocycles. The van der Waals surface area contributed by atoms with Crippen molar-refractivity contribution in [2.45, 2.75) is 17.7 Å². The number of fused-ring (bicyclic) bond motifs is 2. The molecular formula is C26H22N2O6S. The molecule has 9 heteroatoms. The van der Waals surface area contributed by atoms with Gasteiger partial charge >= 0.3 is 0 Å². The van der Waals surface area contributed by atoms with Gasteiger partial charge in [-0.1, -0.05) is 35.9 Å². The van der Waals surface area contributed by atoms with Crippen LogP contribution in [0.2, 0.25) is 0 Å². The van der Waals surface area contributed by atoms with Crippen LogP contribution in [-0.2, 0) is 21.9 Å². The first kappa shape index (κ1) is 22.7. The molecule has 1 aromatic heterocycles. The number of aryl methyl sites for hydroxylation is 2. The molecule has 5 rings (SSSR count). The van der Waals surface area contributed by atoms with Crippen LogP contribution in [0.15, 0.2) is 71.8 Å². The minimum absolute atomic E-state index is 0.00516. The van der Waals surface area contributed by atoms with Gasteiger partial charge in [0.15, 0.2) is 11.5 Å². The maximum Gasteiger partial charge on any atom is 0.264 e. The topological polar surface area (TPSA) is 104 Å². The molecule has 4 aromatic rings. The zero-order valence-corrected chi connectivity index (χ0v) is 19.8. The molecule has 0 spiro atoms. The van der Waals surface area contributed by atoms with E-state index in [2.05, 4.69) is 4.72 Å². The van der Waals surface area contributed by atoms with Crippen LogP contribution < -0.4 is 14.2 Å². The zero-order valence-electron chi connectivity index (χ0n) is 19.0. The number of sulfonamides is 1. The monoisotopic (exact) mass is 490 g/mol. The van der Waals surface area contributed by atoms with Crippen LogP contribution in [0.25, 0.3) is 10.9 Å². The Morgan fingerprint density at radius 2 is 1.77 bits per heavy atom. The molecule has 1 N–H and O–H groups in total. The Morgan fingerprint density at radius 3 is 2.51 bits per heavy atom. The van der Waals surface area contributed by atoms with Crippen molar-refractivity contribution in [1.82, 2.24) is 9.29 Å². The maximum absolute atomic E-state index is 13.6. The highest BCUT2D eigenvalue weighted by Crippen LogP contribution is 2.39. The maximum atomic E-state index is 13.6. The van der Waals surface area contributed by atoms with Crippen LogP contribution in [0.3, 0.4) is 0 Å². The van der Waals surface area contributed by atoms with E-state index in [9.17, 15) is 18.0 Å². The second-order valence-electron chi connectivity index (χ2n) is 8.42. The molecular weight excluding hydrogens is 468 g/mol. The minimum atomic E-state index is -4.11. The molecule has 0 saturated heterocycles. The highest BCUT2D eigenvalue weighted by Gasteiger charge is 2.31. The summed E-state index contributed by atoms with van der Waals surface area (Å²) in [6, 6.07) is 16.5. The molecule has 35 heavy (non-hydrogen) atoms. The number of carbonyl (C=O) groups is 2. The number of hydrogen-bond acceptors (Lipinski definition) is 6. The van der Waals surface area contributed by atoms with E-state index < -0.39 is 21.8 Å². The summed E-state index contributed by atoms with van der Waals surface area (Å²) < 4.78 is 41.0. The average Bonchev–Trinajstić information content (AvgIpc) is 3.43. The Balaban J connectivity index is 1.62. The van der Waals surface area contributed by atoms with E-state index in [1.54, 1.807) is 66.3 Å². The normalized spacial score (nSPS) is 13.5. The first-order valence-corrected chi connectivity index (χ1v) is 12.3. The molecule has 0 aliphatic carbocycles. The molecule has 1 aliphatic rings. The number of nitrogens with zero attached hydrogens (tertiary/aromatic N) is 1. The van der Waals surface area contributed by atoms with Crippen LogP contribution in [0, 0.1) is 6.92 Å². The van der Waals surface area contributed by atoms with E-state index in [1.165, 1.54) is 12.1 Å². The van der Waals surface area contributed by atoms with Gasteiger partial charge in [-0.05, 0) is 48.4 Å². The number of rotatable bonds is 6. The summed E-state index contributed by atoms with van der Waals surface area (Å²) >= 11 is 0. The molecule has 178 valence electrons. The predicted octanol–water partition coefficient (Wildman–Crippen LogP) is 3.66. The lowest BCUT2D eigenvalue weighted by Crippen LogP contribution is -2.35. The fourth-order valence-electron chi connectivity index (χ4n) is 4.27. The Kier molecular flexibility index (Phi) is 5.56. The molecule has 2 heterocycles. The van der Waals surface area contributed by atoms with Gasteiger partial charge in [0.05, 0.1) is 10.8 Å². The Hall–Kier alpha value is -4.11. The van der Waals surface area contributed by atoms with E-state index in [1.807, 2.05) is 6.92 Å². The minimum Gasteiger partial charge on any atom is -0.454 e. The van der Waals surface area contributed by atoms with Gasteiger partial charge in [-0.2, -0.15) is 0 Å². The third-order valence-electron chi connectivity index (χ3n) is 6.05. The summed E-state index contributed by atoms with van der Waals surface area (Å²) in [5.74, 6) is -0.661. The molecule has 1 aliphatic heterocycles. The summed E-state index contributed by atoms with van der Waals surface area (Å²) in [7, 11) is -2.31. The number of aldehydes is 1. The largest absolute Gasteiger partial charge is 0.454 e. The van der Waals surface area contributed by atoms with Gasteiger partial charge in [-0.15, -0.1) is 0 Å². The van der Waals surface area contributed by atoms with E-state index in [0.29, 0.717) is 28.2 Å². The number of ether oxygens (including phenoxy) is 2. The molecule has 8 nitrogen and oxygen atoms in total. The van der Waals surface area contributed by atoms with Crippen molar-refractivity contribution in [3.8, 4) is 11.5 Å². The van der Waals surface area contributed by atoms with Gasteiger partial charge in [0.25, 0.3) is 10.0 Å². The number of nitrogens with one attached hydrogen (secondary N) is 1. The van der Waals surface area contributed by atoms with Crippen molar-refractivity contribution >= 4 is 33.1 Å². The quantitative estimate of drug-likeness (QED) is 0.414. The summed E-state index contributed by atoms with van der Waals surface area (Å²) in [6.07, 6.45) is 2.52. The van der Waals surface area contributed by atoms with Crippen molar-refractivity contribution in [2.24, 2.45) is 7.05 Å². The standard InChI is InChI=1S/C26H22N2O6S/c1-16-3-7-19(8-4-16)35(31,32)27-26(30)25(18-6-10-23-24(12-18)34-15-33-23)21-13-28(2)22-11-17(14-29)5-9-20(21)22/h3-14,25H,15H2,1-2H3,(H,27,30). The Labute approximate surface area is 202 Å². The lowest BCUT2D eigenvalue weighted by molar-refractivity contribution is -0.119. The van der Waals surface area contributed by atoms with Gasteiger partial charge in [0, 0.05) is 29.7 Å². The van der Waals surface area contributed by atoms with Crippen molar-refractivity contribution in [3.05, 3.63) is 89.1 Å². The number of aromatic nitrogens is 1. The number of benzene rings is 3. The van der Waals surface area contributed by atoms with Crippen LogP contribution in [0.5, 0.6) is 11.5 Å². The second-order valence-corrected chi connectivity index (χ2v) is 10.1. The molecule has 0 radical (unpaired) electrons. The second kappa shape index (κ2) is 8.59. The zero-order chi connectivity index (χ0) is 24.7. The van der Waals surface area contributed by atoms with Crippen LogP contribution in [0.1, 0.15) is 33.0 Å². The lowest BCUT2D eigenvalue weighted by atomic mass is 9.90. The van der Waals surface area contributed by atoms with Crippen LogP contribution >= 0.6 is 0 Å². The van der Waals surface area contributed by atoms with Gasteiger partial charge in [0.1, 0.15) is 6.29 Å². The molecule has 0 fully saturated rings. The molecule has 0 saturated carbocycles. The van der Waals surface area contributed by atoms with Crippen molar-refractivity contribution in [1.29, 1.82) is 0 Å². The van der Waals surface area contributed by atoms with Crippen LogP contribution in [-0.4, -0.2) is 32.0 Å². The third kappa shape index (κ3) is 4.15. The number of carbonyl (C=O) groups excluding carboxylic acids is 2. The molecule has 1 unspecified atom stereocenters. The number of amides is 1. The first-order chi connectivity index (χ1) is 16.8. The van der Waals surface area contributed by atoms with E-state index >= 15 is 0 Å². The molecule has 1 atom stereocenters. The summed E-state index contributed by atoms with van der Waals surface area (Å²) in [5, 5.41) is 0.726. The van der Waals surface area contributed by atoms with Crippen molar-refractivity contribution < 1.29 is 27.5 Å². The van der Waals surface area contributed by atoms with Crippen molar-refractivity contribution in [3.63, 3.8) is 0 Å². The molecule has 0 bridgehead atoms. The Morgan fingerprint density at radius 1 is 1.03 bits per heavy atom. The van der Waals surface area contributed by atoms with E-state index in [4.69, 9.17) is 9.47 Å². The SMILES string of the molecule is Cc1ccc(S(=O)(=O)NC(=O)C(c2ccc3c(c2)OCO3)c2cn(C)c3cc(C=O)ccc23)cc1. The first-order valence-electron chi connectivity index (χ1n) is 10.8. The highest BCUT2D eigenvalue weighted by atomic mass is 32.2. The summed E-state index contributed by atoms with van der Waals surface area (Å²) in [4.78, 5) is 24.9. The fraction of sp³-hybridized carbons (Fsp3) is 0.154. The van der Waals surface area contributed by atoms with Crippen molar-refractivity contribution in [2.75, 3.05) is 6.79 Å². The van der Waals surface area contributed by atoms with Gasteiger partial charge in [-0.3, -0.25) is 9.59 Å². The van der Waals surface area contributed by atoms with Gasteiger partial charge < -0.3 is 14.0 Å². The van der Waals surface area contributed by atoms with Crippen LogP contribution in [0.4, 0.5) is 0 Å². The lowest BCUT2D eigenvalue weighted by Gasteiger charge is -2.18. The number of hydrogen-bond donors (Lipinski definition) is 1. The third-order valence-corrected chi connectivity index (χ3v) is 7.41. The highest BCUT2D eigenvalue weighted by molar-refractivity contribution is 7.90. The van der Waals surface area contributed by atoms with E-state index in [0.717, 1.165) is 22.8 Å². The Bertz CT molecular complexity index is 1570. The van der Waals surface area contributed by atoms with Gasteiger partial charge in [0.2, 0.25) is 12.7 Å².